The quantitative estimate of drug-likeness (QED) is 0.801. The molecule has 0 aromatic carbocycles. The Kier molecular flexibility index (Phi) is 6.64. The topological polar surface area (TPSA) is 57.6 Å². The number of hydrogen-bond donors (Lipinski definition) is 1. The SMILES string of the molecule is CCC(CC)CN(CC)S(=O)(=O)c1c(C)csc1CO. The summed E-state index contributed by atoms with van der Waals surface area (Å²) in [6.07, 6.45) is 1.94. The molecule has 4 nitrogen and oxygen atoms in total. The second kappa shape index (κ2) is 7.54. The molecule has 0 atom stereocenters. The van der Waals surface area contributed by atoms with Crippen LogP contribution < -0.4 is 0 Å². The molecular weight excluding hydrogens is 294 g/mol. The van der Waals surface area contributed by atoms with E-state index >= 15 is 0 Å². The Morgan fingerprint density at radius 1 is 1.30 bits per heavy atom. The lowest BCUT2D eigenvalue weighted by molar-refractivity contribution is 0.281. The van der Waals surface area contributed by atoms with Gasteiger partial charge in [-0.3, -0.25) is 0 Å². The Bertz CT molecular complexity index is 519. The van der Waals surface area contributed by atoms with Crippen LogP contribution in [0.5, 0.6) is 0 Å². The molecule has 1 heterocycles. The maximum Gasteiger partial charge on any atom is 0.244 e. The molecule has 0 amide bonds. The first-order chi connectivity index (χ1) is 9.42. The van der Waals surface area contributed by atoms with Gasteiger partial charge in [-0.2, -0.15) is 4.31 Å². The van der Waals surface area contributed by atoms with Gasteiger partial charge in [0, 0.05) is 13.1 Å². The van der Waals surface area contributed by atoms with Crippen LogP contribution in [-0.2, 0) is 16.6 Å². The number of aliphatic hydroxyl groups is 1. The van der Waals surface area contributed by atoms with E-state index in [9.17, 15) is 13.5 Å². The molecule has 0 saturated heterocycles. The summed E-state index contributed by atoms with van der Waals surface area (Å²) < 4.78 is 27.2. The van der Waals surface area contributed by atoms with Crippen LogP contribution in [-0.4, -0.2) is 30.9 Å². The van der Waals surface area contributed by atoms with Crippen molar-refractivity contribution in [1.82, 2.24) is 4.31 Å². The van der Waals surface area contributed by atoms with E-state index in [0.717, 1.165) is 18.4 Å². The first-order valence-corrected chi connectivity index (χ1v) is 9.42. The van der Waals surface area contributed by atoms with Gasteiger partial charge in [-0.05, 0) is 23.8 Å². The van der Waals surface area contributed by atoms with Gasteiger partial charge in [0.2, 0.25) is 10.0 Å². The largest absolute Gasteiger partial charge is 0.391 e. The summed E-state index contributed by atoms with van der Waals surface area (Å²) in [5, 5.41) is 11.1. The molecule has 0 unspecified atom stereocenters. The normalized spacial score (nSPS) is 12.6. The van der Waals surface area contributed by atoms with Crippen molar-refractivity contribution in [3.63, 3.8) is 0 Å². The van der Waals surface area contributed by atoms with Gasteiger partial charge in [-0.1, -0.05) is 33.6 Å². The fourth-order valence-corrected chi connectivity index (χ4v) is 5.44. The number of thiophene rings is 1. The monoisotopic (exact) mass is 319 g/mol. The lowest BCUT2D eigenvalue weighted by Gasteiger charge is -2.25. The highest BCUT2D eigenvalue weighted by molar-refractivity contribution is 7.89. The zero-order valence-corrected chi connectivity index (χ0v) is 14.4. The van der Waals surface area contributed by atoms with Gasteiger partial charge in [0.1, 0.15) is 4.90 Å². The molecule has 0 bridgehead atoms. The summed E-state index contributed by atoms with van der Waals surface area (Å²) in [6.45, 7) is 8.60. The molecule has 0 saturated carbocycles. The number of rotatable bonds is 8. The van der Waals surface area contributed by atoms with Gasteiger partial charge in [-0.25, -0.2) is 8.42 Å². The minimum Gasteiger partial charge on any atom is -0.391 e. The summed E-state index contributed by atoms with van der Waals surface area (Å²) in [4.78, 5) is 0.836. The maximum atomic E-state index is 12.8. The molecule has 0 aliphatic rings. The van der Waals surface area contributed by atoms with E-state index in [1.807, 2.05) is 6.92 Å². The lowest BCUT2D eigenvalue weighted by atomic mass is 10.0. The molecule has 20 heavy (non-hydrogen) atoms. The number of aryl methyl sites for hydroxylation is 1. The fourth-order valence-electron chi connectivity index (χ4n) is 2.30. The van der Waals surface area contributed by atoms with Crippen LogP contribution in [0, 0.1) is 12.8 Å². The number of nitrogens with zero attached hydrogens (tertiary/aromatic N) is 1. The first kappa shape index (κ1) is 17.6. The van der Waals surface area contributed by atoms with E-state index in [-0.39, 0.29) is 6.61 Å². The highest BCUT2D eigenvalue weighted by Crippen LogP contribution is 2.30. The van der Waals surface area contributed by atoms with E-state index in [4.69, 9.17) is 0 Å². The second-order valence-electron chi connectivity index (χ2n) is 4.97. The van der Waals surface area contributed by atoms with Crippen molar-refractivity contribution in [2.24, 2.45) is 5.92 Å². The smallest absolute Gasteiger partial charge is 0.244 e. The van der Waals surface area contributed by atoms with Gasteiger partial charge in [0.05, 0.1) is 11.5 Å². The number of aliphatic hydroxyl groups excluding tert-OH is 1. The van der Waals surface area contributed by atoms with Crippen molar-refractivity contribution >= 4 is 21.4 Å². The van der Waals surface area contributed by atoms with E-state index in [1.165, 1.54) is 11.3 Å². The Morgan fingerprint density at radius 3 is 2.35 bits per heavy atom. The third-order valence-electron chi connectivity index (χ3n) is 3.70. The van der Waals surface area contributed by atoms with Gasteiger partial charge in [0.25, 0.3) is 0 Å². The summed E-state index contributed by atoms with van der Waals surface area (Å²) in [6, 6.07) is 0. The van der Waals surface area contributed by atoms with Crippen molar-refractivity contribution in [3.8, 4) is 0 Å². The minimum atomic E-state index is -3.51. The van der Waals surface area contributed by atoms with Gasteiger partial charge in [0.15, 0.2) is 0 Å². The van der Waals surface area contributed by atoms with Crippen molar-refractivity contribution in [1.29, 1.82) is 0 Å². The summed E-state index contributed by atoms with van der Waals surface area (Å²) in [5.41, 5.74) is 0.724. The molecule has 1 aromatic heterocycles. The van der Waals surface area contributed by atoms with Crippen LogP contribution in [0.25, 0.3) is 0 Å². The Labute approximate surface area is 126 Å². The molecule has 116 valence electrons. The molecule has 0 spiro atoms. The Hall–Kier alpha value is -0.430. The number of hydrogen-bond acceptors (Lipinski definition) is 4. The molecule has 1 rings (SSSR count). The van der Waals surface area contributed by atoms with Crippen molar-refractivity contribution < 1.29 is 13.5 Å². The van der Waals surface area contributed by atoms with Crippen LogP contribution >= 0.6 is 11.3 Å². The first-order valence-electron chi connectivity index (χ1n) is 7.10. The van der Waals surface area contributed by atoms with E-state index < -0.39 is 10.0 Å². The number of sulfonamides is 1. The Morgan fingerprint density at radius 2 is 1.90 bits per heavy atom. The average Bonchev–Trinajstić information content (AvgIpc) is 2.81. The molecule has 0 aliphatic carbocycles. The predicted octanol–water partition coefficient (Wildman–Crippen LogP) is 3.00. The van der Waals surface area contributed by atoms with Crippen molar-refractivity contribution in [2.45, 2.75) is 52.0 Å². The lowest BCUT2D eigenvalue weighted by Crippen LogP contribution is -2.35. The minimum absolute atomic E-state index is 0.227. The molecule has 0 radical (unpaired) electrons. The van der Waals surface area contributed by atoms with Crippen molar-refractivity contribution in [2.75, 3.05) is 13.1 Å². The van der Waals surface area contributed by atoms with Crippen LogP contribution in [0.1, 0.15) is 44.1 Å². The summed E-state index contributed by atoms with van der Waals surface area (Å²) >= 11 is 1.31. The zero-order valence-electron chi connectivity index (χ0n) is 12.7. The van der Waals surface area contributed by atoms with Gasteiger partial charge in [-0.15, -0.1) is 11.3 Å². The standard InChI is InChI=1S/C14H25NO3S2/c1-5-12(6-2)8-15(7-3)20(17,18)14-11(4)10-19-13(14)9-16/h10,12,16H,5-9H2,1-4H3. The highest BCUT2D eigenvalue weighted by atomic mass is 32.2. The maximum absolute atomic E-state index is 12.8. The van der Waals surface area contributed by atoms with E-state index in [1.54, 1.807) is 16.6 Å². The molecule has 6 heteroatoms. The van der Waals surface area contributed by atoms with Crippen LogP contribution in [0.3, 0.4) is 0 Å². The fraction of sp³-hybridized carbons (Fsp3) is 0.714. The predicted molar refractivity (Wildman–Crippen MR) is 83.5 cm³/mol. The zero-order chi connectivity index (χ0) is 15.3. The van der Waals surface area contributed by atoms with Crippen molar-refractivity contribution in [3.05, 3.63) is 15.8 Å². The highest BCUT2D eigenvalue weighted by Gasteiger charge is 2.29. The van der Waals surface area contributed by atoms with Crippen LogP contribution in [0.15, 0.2) is 10.3 Å². The molecule has 0 fully saturated rings. The van der Waals surface area contributed by atoms with E-state index in [2.05, 4.69) is 13.8 Å². The van der Waals surface area contributed by atoms with E-state index in [0.29, 0.717) is 28.8 Å². The molecule has 1 aromatic rings. The third-order valence-corrected chi connectivity index (χ3v) is 7.09. The third kappa shape index (κ3) is 3.61. The average molecular weight is 319 g/mol. The molecule has 1 N–H and O–H groups in total. The van der Waals surface area contributed by atoms with Gasteiger partial charge < -0.3 is 5.11 Å². The van der Waals surface area contributed by atoms with Crippen LogP contribution in [0.2, 0.25) is 0 Å². The molecular formula is C14H25NO3S2. The summed E-state index contributed by atoms with van der Waals surface area (Å²) in [5.74, 6) is 0.376. The molecule has 0 aliphatic heterocycles. The van der Waals surface area contributed by atoms with Crippen LogP contribution in [0.4, 0.5) is 0 Å². The summed E-state index contributed by atoms with van der Waals surface area (Å²) in [7, 11) is -3.51. The Balaban J connectivity index is 3.15. The van der Waals surface area contributed by atoms with Gasteiger partial charge >= 0.3 is 0 Å². The second-order valence-corrected chi connectivity index (χ2v) is 7.81.